The Morgan fingerprint density at radius 3 is 2.14 bits per heavy atom. The standard InChI is InChI=1S/C10H10O4/c11-1-2-14-10-4-8(6-12)3-9(5-10)7-13/h3-7,11H,1-2H2. The van der Waals surface area contributed by atoms with Crippen molar-refractivity contribution in [1.29, 1.82) is 0 Å². The number of hydrogen-bond donors (Lipinski definition) is 1. The fourth-order valence-electron chi connectivity index (χ4n) is 1.03. The van der Waals surface area contributed by atoms with Crippen LogP contribution in [0.1, 0.15) is 20.7 Å². The molecular weight excluding hydrogens is 184 g/mol. The van der Waals surface area contributed by atoms with E-state index in [2.05, 4.69) is 0 Å². The molecule has 0 fully saturated rings. The number of carbonyl (C=O) groups excluding carboxylic acids is 2. The van der Waals surface area contributed by atoms with E-state index in [1.54, 1.807) is 0 Å². The summed E-state index contributed by atoms with van der Waals surface area (Å²) in [6.07, 6.45) is 1.28. The van der Waals surface area contributed by atoms with Gasteiger partial charge in [0.15, 0.2) is 0 Å². The zero-order valence-corrected chi connectivity index (χ0v) is 7.47. The third-order valence-electron chi connectivity index (χ3n) is 1.58. The summed E-state index contributed by atoms with van der Waals surface area (Å²) in [4.78, 5) is 21.0. The second kappa shape index (κ2) is 5.14. The van der Waals surface area contributed by atoms with Gasteiger partial charge in [-0.3, -0.25) is 9.59 Å². The molecule has 0 spiro atoms. The number of rotatable bonds is 5. The van der Waals surface area contributed by atoms with Crippen LogP contribution in [0.5, 0.6) is 5.75 Å². The van der Waals surface area contributed by atoms with Crippen LogP contribution >= 0.6 is 0 Å². The third-order valence-corrected chi connectivity index (χ3v) is 1.58. The van der Waals surface area contributed by atoms with E-state index in [1.807, 2.05) is 0 Å². The minimum atomic E-state index is -0.109. The molecule has 0 unspecified atom stereocenters. The minimum absolute atomic E-state index is 0.109. The topological polar surface area (TPSA) is 63.6 Å². The van der Waals surface area contributed by atoms with Crippen LogP contribution in [0, 0.1) is 0 Å². The van der Waals surface area contributed by atoms with E-state index < -0.39 is 0 Å². The van der Waals surface area contributed by atoms with E-state index >= 15 is 0 Å². The Morgan fingerprint density at radius 1 is 1.14 bits per heavy atom. The SMILES string of the molecule is O=Cc1cc(C=O)cc(OCCO)c1. The van der Waals surface area contributed by atoms with Gasteiger partial charge in [-0.25, -0.2) is 0 Å². The van der Waals surface area contributed by atoms with E-state index in [9.17, 15) is 9.59 Å². The van der Waals surface area contributed by atoms with Gasteiger partial charge in [0, 0.05) is 11.1 Å². The van der Waals surface area contributed by atoms with Gasteiger partial charge in [0.2, 0.25) is 0 Å². The highest BCUT2D eigenvalue weighted by Gasteiger charge is 2.00. The van der Waals surface area contributed by atoms with Gasteiger partial charge in [-0.15, -0.1) is 0 Å². The van der Waals surface area contributed by atoms with Gasteiger partial charge in [0.1, 0.15) is 24.9 Å². The first-order valence-corrected chi connectivity index (χ1v) is 4.09. The number of aliphatic hydroxyl groups excluding tert-OH is 1. The average Bonchev–Trinajstić information content (AvgIpc) is 2.25. The first-order chi connectivity index (χ1) is 6.80. The lowest BCUT2D eigenvalue weighted by Gasteiger charge is -2.05. The molecule has 14 heavy (non-hydrogen) atoms. The van der Waals surface area contributed by atoms with Crippen molar-refractivity contribution in [2.45, 2.75) is 0 Å². The monoisotopic (exact) mass is 194 g/mol. The molecule has 1 aromatic rings. The molecule has 1 rings (SSSR count). The van der Waals surface area contributed by atoms with Crippen molar-refractivity contribution in [3.63, 3.8) is 0 Å². The first kappa shape index (κ1) is 10.4. The second-order valence-corrected chi connectivity index (χ2v) is 2.64. The van der Waals surface area contributed by atoms with Crippen LogP contribution in [0.3, 0.4) is 0 Å². The van der Waals surface area contributed by atoms with E-state index in [0.29, 0.717) is 29.4 Å². The molecule has 0 aliphatic rings. The van der Waals surface area contributed by atoms with Crippen LogP contribution in [-0.4, -0.2) is 30.9 Å². The molecule has 0 saturated carbocycles. The molecule has 0 bridgehead atoms. The predicted octanol–water partition coefficient (Wildman–Crippen LogP) is 0.683. The molecule has 4 nitrogen and oxygen atoms in total. The normalized spacial score (nSPS) is 9.50. The molecule has 0 amide bonds. The summed E-state index contributed by atoms with van der Waals surface area (Å²) in [5.41, 5.74) is 0.755. The van der Waals surface area contributed by atoms with Crippen molar-refractivity contribution >= 4 is 12.6 Å². The van der Waals surface area contributed by atoms with Crippen LogP contribution in [0.15, 0.2) is 18.2 Å². The van der Waals surface area contributed by atoms with Gasteiger partial charge in [-0.1, -0.05) is 0 Å². The van der Waals surface area contributed by atoms with Gasteiger partial charge in [-0.05, 0) is 18.2 Å². The Bertz CT molecular complexity index is 307. The first-order valence-electron chi connectivity index (χ1n) is 4.09. The minimum Gasteiger partial charge on any atom is -0.491 e. The summed E-state index contributed by atoms with van der Waals surface area (Å²) in [5, 5.41) is 8.52. The van der Waals surface area contributed by atoms with Crippen molar-refractivity contribution in [1.82, 2.24) is 0 Å². The molecule has 0 aliphatic carbocycles. The van der Waals surface area contributed by atoms with Gasteiger partial charge < -0.3 is 9.84 Å². The molecule has 0 radical (unpaired) electrons. The van der Waals surface area contributed by atoms with Crippen LogP contribution in [-0.2, 0) is 0 Å². The zero-order chi connectivity index (χ0) is 10.4. The summed E-state index contributed by atoms with van der Waals surface area (Å²) < 4.78 is 5.07. The lowest BCUT2D eigenvalue weighted by molar-refractivity contribution is 0.112. The van der Waals surface area contributed by atoms with Gasteiger partial charge in [0.25, 0.3) is 0 Å². The van der Waals surface area contributed by atoms with E-state index in [-0.39, 0.29) is 13.2 Å². The maximum absolute atomic E-state index is 10.5. The Kier molecular flexibility index (Phi) is 3.82. The number of ether oxygens (including phenoxy) is 1. The molecule has 1 N–H and O–H groups in total. The Morgan fingerprint density at radius 2 is 1.71 bits per heavy atom. The van der Waals surface area contributed by atoms with Crippen molar-refractivity contribution in [2.75, 3.05) is 13.2 Å². The Labute approximate surface area is 81.1 Å². The van der Waals surface area contributed by atoms with Gasteiger partial charge in [0.05, 0.1) is 6.61 Å². The maximum atomic E-state index is 10.5. The molecule has 0 saturated heterocycles. The fraction of sp³-hybridized carbons (Fsp3) is 0.200. The average molecular weight is 194 g/mol. The number of aldehydes is 2. The number of hydrogen-bond acceptors (Lipinski definition) is 4. The molecule has 1 aromatic carbocycles. The molecule has 74 valence electrons. The number of benzene rings is 1. The van der Waals surface area contributed by atoms with Crippen molar-refractivity contribution < 1.29 is 19.4 Å². The highest BCUT2D eigenvalue weighted by Crippen LogP contribution is 2.15. The van der Waals surface area contributed by atoms with Crippen LogP contribution < -0.4 is 4.74 Å². The highest BCUT2D eigenvalue weighted by molar-refractivity contribution is 5.83. The highest BCUT2D eigenvalue weighted by atomic mass is 16.5. The smallest absolute Gasteiger partial charge is 0.150 e. The Balaban J connectivity index is 2.92. The van der Waals surface area contributed by atoms with Crippen molar-refractivity contribution in [3.05, 3.63) is 29.3 Å². The lowest BCUT2D eigenvalue weighted by Crippen LogP contribution is -2.02. The molecule has 0 heterocycles. The lowest BCUT2D eigenvalue weighted by atomic mass is 10.1. The maximum Gasteiger partial charge on any atom is 0.150 e. The summed E-state index contributed by atoms with van der Waals surface area (Å²) in [6, 6.07) is 4.48. The van der Waals surface area contributed by atoms with E-state index in [0.717, 1.165) is 0 Å². The van der Waals surface area contributed by atoms with Crippen molar-refractivity contribution in [3.8, 4) is 5.75 Å². The van der Waals surface area contributed by atoms with Gasteiger partial charge >= 0.3 is 0 Å². The van der Waals surface area contributed by atoms with Gasteiger partial charge in [-0.2, -0.15) is 0 Å². The van der Waals surface area contributed by atoms with Crippen LogP contribution in [0.2, 0.25) is 0 Å². The Hall–Kier alpha value is -1.68. The van der Waals surface area contributed by atoms with E-state index in [1.165, 1.54) is 18.2 Å². The summed E-state index contributed by atoms with van der Waals surface area (Å²) in [6.45, 7) is 0.0301. The molecule has 0 atom stereocenters. The van der Waals surface area contributed by atoms with Crippen LogP contribution in [0.25, 0.3) is 0 Å². The van der Waals surface area contributed by atoms with Crippen molar-refractivity contribution in [2.24, 2.45) is 0 Å². The number of aliphatic hydroxyl groups is 1. The zero-order valence-electron chi connectivity index (χ0n) is 7.47. The second-order valence-electron chi connectivity index (χ2n) is 2.64. The predicted molar refractivity (Wildman–Crippen MR) is 49.8 cm³/mol. The summed E-state index contributed by atoms with van der Waals surface area (Å²) in [5.74, 6) is 0.408. The largest absolute Gasteiger partial charge is 0.491 e. The third kappa shape index (κ3) is 2.67. The summed E-state index contributed by atoms with van der Waals surface area (Å²) in [7, 11) is 0. The fourth-order valence-corrected chi connectivity index (χ4v) is 1.03. The molecule has 0 aromatic heterocycles. The number of carbonyl (C=O) groups is 2. The quantitative estimate of drug-likeness (QED) is 0.700. The van der Waals surface area contributed by atoms with E-state index in [4.69, 9.17) is 9.84 Å². The van der Waals surface area contributed by atoms with Crippen LogP contribution in [0.4, 0.5) is 0 Å². The summed E-state index contributed by atoms with van der Waals surface area (Å²) >= 11 is 0. The molecule has 4 heteroatoms. The molecule has 0 aliphatic heterocycles. The molecular formula is C10H10O4.